The van der Waals surface area contributed by atoms with Crippen LogP contribution in [0, 0.1) is 6.92 Å². The fourth-order valence-electron chi connectivity index (χ4n) is 2.63. The summed E-state index contributed by atoms with van der Waals surface area (Å²) in [4.78, 5) is 13.9. The number of ether oxygens (including phenoxy) is 1. The molecule has 0 atom stereocenters. The van der Waals surface area contributed by atoms with Gasteiger partial charge in [-0.15, -0.1) is 0 Å². The minimum Gasteiger partial charge on any atom is -0.378 e. The van der Waals surface area contributed by atoms with Crippen molar-refractivity contribution >= 4 is 5.91 Å². The number of hydrogen-bond donors (Lipinski definition) is 0. The first-order chi connectivity index (χ1) is 9.77. The Labute approximate surface area is 121 Å². The van der Waals surface area contributed by atoms with E-state index in [1.807, 2.05) is 4.90 Å². The number of carbonyl (C=O) groups is 1. The van der Waals surface area contributed by atoms with Crippen LogP contribution in [0.25, 0.3) is 0 Å². The number of carbonyl (C=O) groups excluding carboxylic acids is 1. The molecule has 0 radical (unpaired) electrons. The van der Waals surface area contributed by atoms with Gasteiger partial charge in [0.1, 0.15) is 0 Å². The summed E-state index contributed by atoms with van der Waals surface area (Å²) in [6.07, 6.45) is 5.11. The van der Waals surface area contributed by atoms with Crippen LogP contribution in [-0.4, -0.2) is 37.1 Å². The lowest BCUT2D eigenvalue weighted by molar-refractivity contribution is -0.135. The number of morpholine rings is 1. The zero-order valence-electron chi connectivity index (χ0n) is 12.4. The van der Waals surface area contributed by atoms with Gasteiger partial charge >= 0.3 is 0 Å². The Balaban J connectivity index is 1.59. The molecular weight excluding hydrogens is 250 g/mol. The van der Waals surface area contributed by atoms with Crippen LogP contribution in [0.2, 0.25) is 0 Å². The molecule has 0 spiro atoms. The molecule has 0 saturated carbocycles. The fourth-order valence-corrected chi connectivity index (χ4v) is 2.63. The van der Waals surface area contributed by atoms with Crippen LogP contribution < -0.4 is 0 Å². The van der Waals surface area contributed by atoms with E-state index in [0.717, 1.165) is 32.4 Å². The predicted molar refractivity (Wildman–Crippen MR) is 80.8 cm³/mol. The fraction of sp³-hybridized carbons (Fsp3) is 0.588. The summed E-state index contributed by atoms with van der Waals surface area (Å²) in [5.41, 5.74) is 2.81. The summed E-state index contributed by atoms with van der Waals surface area (Å²) >= 11 is 0. The van der Waals surface area contributed by atoms with E-state index < -0.39 is 0 Å². The van der Waals surface area contributed by atoms with Crippen LogP contribution in [0.5, 0.6) is 0 Å². The van der Waals surface area contributed by atoms with Gasteiger partial charge in [0, 0.05) is 19.5 Å². The molecule has 0 aromatic heterocycles. The lowest BCUT2D eigenvalue weighted by Crippen LogP contribution is -2.40. The zero-order chi connectivity index (χ0) is 14.2. The van der Waals surface area contributed by atoms with Crippen molar-refractivity contribution in [3.8, 4) is 0 Å². The Kier molecular flexibility index (Phi) is 6.06. The van der Waals surface area contributed by atoms with E-state index in [9.17, 15) is 4.79 Å². The van der Waals surface area contributed by atoms with Crippen molar-refractivity contribution in [1.29, 1.82) is 0 Å². The Morgan fingerprint density at radius 2 is 1.90 bits per heavy atom. The second-order valence-corrected chi connectivity index (χ2v) is 5.48. The molecule has 1 aromatic rings. The molecule has 0 N–H and O–H groups in total. The average molecular weight is 275 g/mol. The molecule has 1 amide bonds. The summed E-state index contributed by atoms with van der Waals surface area (Å²) < 4.78 is 5.26. The Hall–Kier alpha value is -1.35. The van der Waals surface area contributed by atoms with Crippen LogP contribution in [0.3, 0.4) is 0 Å². The topological polar surface area (TPSA) is 29.5 Å². The predicted octanol–water partition coefficient (Wildman–Crippen LogP) is 2.96. The summed E-state index contributed by atoms with van der Waals surface area (Å²) in [6, 6.07) is 8.55. The molecule has 0 bridgehead atoms. The third kappa shape index (κ3) is 4.64. The molecule has 1 heterocycles. The van der Waals surface area contributed by atoms with E-state index in [-0.39, 0.29) is 0 Å². The molecule has 3 heteroatoms. The van der Waals surface area contributed by atoms with Gasteiger partial charge in [-0.2, -0.15) is 0 Å². The van der Waals surface area contributed by atoms with E-state index in [4.69, 9.17) is 4.74 Å². The first kappa shape index (κ1) is 15.0. The van der Waals surface area contributed by atoms with E-state index >= 15 is 0 Å². The number of amides is 1. The molecule has 1 aliphatic rings. The highest BCUT2D eigenvalue weighted by molar-refractivity contribution is 5.76. The quantitative estimate of drug-likeness (QED) is 0.747. The highest BCUT2D eigenvalue weighted by atomic mass is 16.5. The van der Waals surface area contributed by atoms with Crippen LogP contribution in [-0.2, 0) is 16.0 Å². The van der Waals surface area contributed by atoms with Gasteiger partial charge in [-0.1, -0.05) is 30.7 Å². The van der Waals surface area contributed by atoms with Crippen LogP contribution in [0.15, 0.2) is 24.3 Å². The van der Waals surface area contributed by atoms with Gasteiger partial charge in [-0.05, 0) is 37.3 Å². The Bertz CT molecular complexity index is 425. The molecule has 3 nitrogen and oxygen atoms in total. The molecular formula is C17H25NO2. The molecule has 0 unspecified atom stereocenters. The molecule has 20 heavy (non-hydrogen) atoms. The maximum Gasteiger partial charge on any atom is 0.222 e. The first-order valence-electron chi connectivity index (χ1n) is 7.67. The maximum atomic E-state index is 12.0. The minimum absolute atomic E-state index is 0.296. The highest BCUT2D eigenvalue weighted by Gasteiger charge is 2.15. The normalized spacial score (nSPS) is 15.3. The van der Waals surface area contributed by atoms with E-state index in [1.165, 1.54) is 17.5 Å². The highest BCUT2D eigenvalue weighted by Crippen LogP contribution is 2.12. The third-order valence-electron chi connectivity index (χ3n) is 3.96. The van der Waals surface area contributed by atoms with Gasteiger partial charge in [0.2, 0.25) is 5.91 Å². The van der Waals surface area contributed by atoms with Gasteiger partial charge < -0.3 is 9.64 Å². The summed E-state index contributed by atoms with van der Waals surface area (Å²) in [7, 11) is 0. The standard InChI is InChI=1S/C17H25NO2/c1-15-7-5-6-9-16(15)8-3-2-4-10-17(19)18-11-13-20-14-12-18/h5-7,9H,2-4,8,10-14H2,1H3. The average Bonchev–Trinajstić information content (AvgIpc) is 2.49. The maximum absolute atomic E-state index is 12.0. The lowest BCUT2D eigenvalue weighted by atomic mass is 10.0. The Morgan fingerprint density at radius 1 is 1.15 bits per heavy atom. The largest absolute Gasteiger partial charge is 0.378 e. The molecule has 1 aliphatic heterocycles. The smallest absolute Gasteiger partial charge is 0.222 e. The number of rotatable bonds is 6. The van der Waals surface area contributed by atoms with Crippen LogP contribution in [0.1, 0.15) is 36.8 Å². The second-order valence-electron chi connectivity index (χ2n) is 5.48. The van der Waals surface area contributed by atoms with Crippen molar-refractivity contribution in [2.75, 3.05) is 26.3 Å². The van der Waals surface area contributed by atoms with Gasteiger partial charge in [0.25, 0.3) is 0 Å². The summed E-state index contributed by atoms with van der Waals surface area (Å²) in [5.74, 6) is 0.296. The van der Waals surface area contributed by atoms with Gasteiger partial charge in [-0.25, -0.2) is 0 Å². The second kappa shape index (κ2) is 8.05. The van der Waals surface area contributed by atoms with Crippen molar-refractivity contribution < 1.29 is 9.53 Å². The third-order valence-corrected chi connectivity index (χ3v) is 3.96. The molecule has 2 rings (SSSR count). The Morgan fingerprint density at radius 3 is 2.65 bits per heavy atom. The SMILES string of the molecule is Cc1ccccc1CCCCCC(=O)N1CCOCC1. The summed E-state index contributed by atoms with van der Waals surface area (Å²) in [5, 5.41) is 0. The first-order valence-corrected chi connectivity index (χ1v) is 7.67. The van der Waals surface area contributed by atoms with E-state index in [2.05, 4.69) is 31.2 Å². The van der Waals surface area contributed by atoms with Gasteiger partial charge in [-0.3, -0.25) is 4.79 Å². The molecule has 0 aliphatic carbocycles. The zero-order valence-corrected chi connectivity index (χ0v) is 12.4. The number of benzene rings is 1. The molecule has 1 fully saturated rings. The number of nitrogens with zero attached hydrogens (tertiary/aromatic N) is 1. The van der Waals surface area contributed by atoms with Crippen molar-refractivity contribution in [1.82, 2.24) is 4.90 Å². The number of hydrogen-bond acceptors (Lipinski definition) is 2. The number of unbranched alkanes of at least 4 members (excludes halogenated alkanes) is 2. The van der Waals surface area contributed by atoms with Crippen molar-refractivity contribution in [2.24, 2.45) is 0 Å². The summed E-state index contributed by atoms with van der Waals surface area (Å²) in [6.45, 7) is 5.08. The monoisotopic (exact) mass is 275 g/mol. The van der Waals surface area contributed by atoms with Gasteiger partial charge in [0.15, 0.2) is 0 Å². The molecule has 1 aromatic carbocycles. The minimum atomic E-state index is 0.296. The van der Waals surface area contributed by atoms with Crippen molar-refractivity contribution in [3.05, 3.63) is 35.4 Å². The van der Waals surface area contributed by atoms with Crippen molar-refractivity contribution in [2.45, 2.75) is 39.0 Å². The molecule has 110 valence electrons. The van der Waals surface area contributed by atoms with Crippen molar-refractivity contribution in [3.63, 3.8) is 0 Å². The van der Waals surface area contributed by atoms with Gasteiger partial charge in [0.05, 0.1) is 13.2 Å². The van der Waals surface area contributed by atoms with Crippen LogP contribution in [0.4, 0.5) is 0 Å². The van der Waals surface area contributed by atoms with E-state index in [0.29, 0.717) is 25.5 Å². The number of aryl methyl sites for hydroxylation is 2. The van der Waals surface area contributed by atoms with Crippen LogP contribution >= 0.6 is 0 Å². The molecule has 1 saturated heterocycles. The lowest BCUT2D eigenvalue weighted by Gasteiger charge is -2.26. The van der Waals surface area contributed by atoms with E-state index in [1.54, 1.807) is 0 Å².